The quantitative estimate of drug-likeness (QED) is 0.285. The molecule has 0 saturated heterocycles. The minimum Gasteiger partial charge on any atom is -0.302 e. The van der Waals surface area contributed by atoms with E-state index in [0.29, 0.717) is 22.2 Å². The highest BCUT2D eigenvalue weighted by Crippen LogP contribution is 2.32. The molecule has 0 aliphatic heterocycles. The molecule has 1 amide bonds. The second-order valence-electron chi connectivity index (χ2n) is 6.84. The number of nitro benzene ring substituents is 2. The maximum Gasteiger partial charge on any atom is 0.277 e. The molecule has 13 heteroatoms. The Labute approximate surface area is 204 Å². The van der Waals surface area contributed by atoms with Crippen LogP contribution in [0.3, 0.4) is 0 Å². The molecule has 3 aromatic rings. The Morgan fingerprint density at radius 1 is 1.03 bits per heavy atom. The summed E-state index contributed by atoms with van der Waals surface area (Å²) in [7, 11) is 0. The molecular formula is C20H21Cl2N5O5S. The molecule has 0 atom stereocenters. The minimum atomic E-state index is -0.760. The van der Waals surface area contributed by atoms with E-state index in [4.69, 9.17) is 11.6 Å². The minimum absolute atomic E-state index is 0. The van der Waals surface area contributed by atoms with E-state index in [1.165, 1.54) is 16.2 Å². The summed E-state index contributed by atoms with van der Waals surface area (Å²) >= 11 is 7.32. The lowest BCUT2D eigenvalue weighted by Gasteiger charge is -2.24. The average Bonchev–Trinajstić information content (AvgIpc) is 3.18. The number of hydrogen-bond donors (Lipinski definition) is 0. The van der Waals surface area contributed by atoms with Gasteiger partial charge in [-0.15, -0.1) is 12.4 Å². The van der Waals surface area contributed by atoms with Crippen molar-refractivity contribution in [3.05, 3.63) is 67.2 Å². The van der Waals surface area contributed by atoms with Crippen LogP contribution in [0.4, 0.5) is 16.5 Å². The van der Waals surface area contributed by atoms with Crippen LogP contribution in [0.25, 0.3) is 10.2 Å². The molecule has 1 heterocycles. The number of hydrogen-bond acceptors (Lipinski definition) is 8. The van der Waals surface area contributed by atoms with Crippen LogP contribution in [0, 0.1) is 20.2 Å². The van der Waals surface area contributed by atoms with Crippen LogP contribution in [0.15, 0.2) is 36.4 Å². The number of halogens is 2. The third kappa shape index (κ3) is 6.14. The molecular weight excluding hydrogens is 493 g/mol. The molecule has 0 fully saturated rings. The number of amides is 1. The molecule has 0 radical (unpaired) electrons. The molecule has 0 saturated carbocycles. The second-order valence-corrected chi connectivity index (χ2v) is 8.29. The molecule has 0 bridgehead atoms. The largest absolute Gasteiger partial charge is 0.302 e. The number of carbonyl (C=O) groups is 1. The van der Waals surface area contributed by atoms with Crippen molar-refractivity contribution in [3.8, 4) is 0 Å². The highest BCUT2D eigenvalue weighted by Gasteiger charge is 2.26. The highest BCUT2D eigenvalue weighted by atomic mass is 35.5. The van der Waals surface area contributed by atoms with Crippen molar-refractivity contribution in [2.75, 3.05) is 31.1 Å². The SMILES string of the molecule is CCN(CC)CCN(C(=O)c1cc([N+](=O)[O-])cc([N+](=O)[O-])c1)c1nc2ccc(Cl)cc2s1.Cl. The van der Waals surface area contributed by atoms with E-state index in [1.54, 1.807) is 18.2 Å². The van der Waals surface area contributed by atoms with Crippen LogP contribution >= 0.6 is 35.3 Å². The number of fused-ring (bicyclic) bond motifs is 1. The van der Waals surface area contributed by atoms with E-state index in [-0.39, 0.29) is 24.5 Å². The van der Waals surface area contributed by atoms with Crippen molar-refractivity contribution in [1.82, 2.24) is 9.88 Å². The predicted octanol–water partition coefficient (Wildman–Crippen LogP) is 5.18. The number of anilines is 1. The molecule has 0 N–H and O–H groups in total. The average molecular weight is 514 g/mol. The Bertz CT molecular complexity index is 1150. The first-order valence-electron chi connectivity index (χ1n) is 9.77. The number of non-ortho nitro benzene ring substituents is 2. The van der Waals surface area contributed by atoms with Gasteiger partial charge >= 0.3 is 0 Å². The van der Waals surface area contributed by atoms with Gasteiger partial charge in [0.05, 0.1) is 31.7 Å². The summed E-state index contributed by atoms with van der Waals surface area (Å²) in [4.78, 5) is 42.5. The fourth-order valence-electron chi connectivity index (χ4n) is 3.15. The van der Waals surface area contributed by atoms with Gasteiger partial charge in [0.15, 0.2) is 5.13 Å². The summed E-state index contributed by atoms with van der Waals surface area (Å²) in [6.07, 6.45) is 0. The zero-order valence-corrected chi connectivity index (χ0v) is 20.2. The maximum atomic E-state index is 13.4. The molecule has 1 aromatic heterocycles. The summed E-state index contributed by atoms with van der Waals surface area (Å²) < 4.78 is 0.776. The number of rotatable bonds is 9. The third-order valence-corrected chi connectivity index (χ3v) is 6.20. The van der Waals surface area contributed by atoms with Gasteiger partial charge in [0.1, 0.15) is 0 Å². The molecule has 0 unspecified atom stereocenters. The standard InChI is InChI=1S/C20H20ClN5O5S.ClH/c1-3-23(4-2)7-8-24(20-22-17-6-5-14(21)11-18(17)32-20)19(27)13-9-15(25(28)29)12-16(10-13)26(30)31;/h5-6,9-12H,3-4,7-8H2,1-2H3;1H. The maximum absolute atomic E-state index is 13.4. The molecule has 176 valence electrons. The van der Waals surface area contributed by atoms with E-state index >= 15 is 0 Å². The monoisotopic (exact) mass is 513 g/mol. The molecule has 0 spiro atoms. The Hall–Kier alpha value is -2.86. The number of nitrogens with zero attached hydrogens (tertiary/aromatic N) is 5. The number of nitro groups is 2. The molecule has 3 rings (SSSR count). The number of benzene rings is 2. The van der Waals surface area contributed by atoms with E-state index in [9.17, 15) is 25.0 Å². The summed E-state index contributed by atoms with van der Waals surface area (Å²) in [6, 6.07) is 8.09. The molecule has 0 aliphatic carbocycles. The zero-order valence-electron chi connectivity index (χ0n) is 17.8. The van der Waals surface area contributed by atoms with Crippen LogP contribution in [-0.4, -0.2) is 51.8 Å². The first-order chi connectivity index (χ1) is 15.2. The number of carbonyl (C=O) groups excluding carboxylic acids is 1. The van der Waals surface area contributed by atoms with Crippen molar-refractivity contribution in [2.24, 2.45) is 0 Å². The van der Waals surface area contributed by atoms with Crippen LogP contribution in [0.5, 0.6) is 0 Å². The molecule has 10 nitrogen and oxygen atoms in total. The summed E-state index contributed by atoms with van der Waals surface area (Å²) in [6.45, 7) is 6.34. The Balaban J connectivity index is 0.00000385. The van der Waals surface area contributed by atoms with E-state index < -0.39 is 27.1 Å². The van der Waals surface area contributed by atoms with Crippen LogP contribution < -0.4 is 4.90 Å². The highest BCUT2D eigenvalue weighted by molar-refractivity contribution is 7.22. The topological polar surface area (TPSA) is 123 Å². The van der Waals surface area contributed by atoms with Gasteiger partial charge in [-0.2, -0.15) is 0 Å². The lowest BCUT2D eigenvalue weighted by molar-refractivity contribution is -0.394. The van der Waals surface area contributed by atoms with Crippen LogP contribution in [0.2, 0.25) is 5.02 Å². The van der Waals surface area contributed by atoms with Crippen LogP contribution in [-0.2, 0) is 0 Å². The van der Waals surface area contributed by atoms with Crippen molar-refractivity contribution in [3.63, 3.8) is 0 Å². The van der Waals surface area contributed by atoms with Gasteiger partial charge < -0.3 is 4.90 Å². The normalized spacial score (nSPS) is 10.8. The van der Waals surface area contributed by atoms with Gasteiger partial charge in [-0.25, -0.2) is 4.98 Å². The lowest BCUT2D eigenvalue weighted by Crippen LogP contribution is -2.38. The van der Waals surface area contributed by atoms with Gasteiger partial charge in [0.25, 0.3) is 17.3 Å². The Morgan fingerprint density at radius 2 is 1.64 bits per heavy atom. The number of aromatic nitrogens is 1. The smallest absolute Gasteiger partial charge is 0.277 e. The second kappa shape index (κ2) is 11.3. The fraction of sp³-hybridized carbons (Fsp3) is 0.300. The van der Waals surface area contributed by atoms with Crippen molar-refractivity contribution in [1.29, 1.82) is 0 Å². The van der Waals surface area contributed by atoms with E-state index in [1.807, 2.05) is 13.8 Å². The first-order valence-corrected chi connectivity index (χ1v) is 11.0. The number of thiazole rings is 1. The Morgan fingerprint density at radius 3 is 2.18 bits per heavy atom. The van der Waals surface area contributed by atoms with Crippen molar-refractivity contribution < 1.29 is 14.6 Å². The molecule has 2 aromatic carbocycles. The van der Waals surface area contributed by atoms with Gasteiger partial charge in [0.2, 0.25) is 0 Å². The number of likely N-dealkylation sites (N-methyl/N-ethyl adjacent to an activating group) is 1. The zero-order chi connectivity index (χ0) is 23.4. The molecule has 0 aliphatic rings. The summed E-state index contributed by atoms with van der Waals surface area (Å²) in [5.41, 5.74) is -0.549. The van der Waals surface area contributed by atoms with Crippen molar-refractivity contribution in [2.45, 2.75) is 13.8 Å². The first kappa shape index (κ1) is 26.4. The van der Waals surface area contributed by atoms with E-state index in [2.05, 4.69) is 9.88 Å². The third-order valence-electron chi connectivity index (χ3n) is 4.92. The predicted molar refractivity (Wildman–Crippen MR) is 131 cm³/mol. The van der Waals surface area contributed by atoms with E-state index in [0.717, 1.165) is 36.0 Å². The van der Waals surface area contributed by atoms with Gasteiger partial charge in [0, 0.05) is 30.2 Å². The van der Waals surface area contributed by atoms with Gasteiger partial charge in [-0.05, 0) is 31.3 Å². The van der Waals surface area contributed by atoms with Gasteiger partial charge in [-0.3, -0.25) is 29.9 Å². The van der Waals surface area contributed by atoms with Crippen LogP contribution in [0.1, 0.15) is 24.2 Å². The van der Waals surface area contributed by atoms with Gasteiger partial charge in [-0.1, -0.05) is 36.8 Å². The van der Waals surface area contributed by atoms with Crippen molar-refractivity contribution >= 4 is 68.0 Å². The Kier molecular flexibility index (Phi) is 9.06. The molecule has 33 heavy (non-hydrogen) atoms. The summed E-state index contributed by atoms with van der Waals surface area (Å²) in [5, 5.41) is 23.4. The lowest BCUT2D eigenvalue weighted by atomic mass is 10.1. The summed E-state index contributed by atoms with van der Waals surface area (Å²) in [5.74, 6) is -0.603. The fourth-order valence-corrected chi connectivity index (χ4v) is 4.42.